The number of fused-ring (bicyclic) bond motifs is 2. The topological polar surface area (TPSA) is 107 Å². The van der Waals surface area contributed by atoms with Gasteiger partial charge in [-0.3, -0.25) is 9.59 Å². The van der Waals surface area contributed by atoms with Crippen molar-refractivity contribution in [2.75, 3.05) is 25.2 Å². The summed E-state index contributed by atoms with van der Waals surface area (Å²) in [5, 5.41) is 33.7. The SMILES string of the molecule is COCC1=C([C@H](O)CC/C(C)=C/c2ccc(O)c3ccccc23)[C@H](CO)[C@@H]2C(=O)N(c3cc(C(F)(F)F)cc(C(F)(F)F)c3)C(=O)[C@@H]2C1. The van der Waals surface area contributed by atoms with E-state index in [-0.39, 0.29) is 36.8 Å². The Kier molecular flexibility index (Phi) is 9.78. The maximum absolute atomic E-state index is 13.7. The summed E-state index contributed by atoms with van der Waals surface area (Å²) >= 11 is 0. The van der Waals surface area contributed by atoms with Gasteiger partial charge in [-0.05, 0) is 72.5 Å². The third kappa shape index (κ3) is 6.71. The molecule has 0 saturated carbocycles. The number of hydrogen-bond acceptors (Lipinski definition) is 6. The molecule has 1 fully saturated rings. The molecular formula is C35H33F6NO6. The number of amides is 2. The molecule has 3 aromatic rings. The molecule has 2 aliphatic rings. The summed E-state index contributed by atoms with van der Waals surface area (Å²) in [5.74, 6) is -5.62. The van der Waals surface area contributed by atoms with Gasteiger partial charge in [-0.2, -0.15) is 26.3 Å². The van der Waals surface area contributed by atoms with E-state index in [0.717, 1.165) is 16.5 Å². The molecule has 13 heteroatoms. The van der Waals surface area contributed by atoms with Crippen LogP contribution in [-0.2, 0) is 26.7 Å². The highest BCUT2D eigenvalue weighted by atomic mass is 19.4. The second-order valence-corrected chi connectivity index (χ2v) is 12.2. The number of phenolic OH excluding ortho intramolecular Hbond substituents is 1. The summed E-state index contributed by atoms with van der Waals surface area (Å²) in [6.45, 7) is 1.03. The molecule has 48 heavy (non-hydrogen) atoms. The van der Waals surface area contributed by atoms with Crippen LogP contribution in [-0.4, -0.2) is 53.6 Å². The highest BCUT2D eigenvalue weighted by molar-refractivity contribution is 6.22. The van der Waals surface area contributed by atoms with E-state index in [2.05, 4.69) is 0 Å². The number of aromatic hydroxyl groups is 1. The number of anilines is 1. The van der Waals surface area contributed by atoms with Crippen molar-refractivity contribution in [1.29, 1.82) is 0 Å². The minimum Gasteiger partial charge on any atom is -0.507 e. The number of phenols is 1. The molecule has 1 heterocycles. The molecule has 0 spiro atoms. The molecule has 1 aliphatic carbocycles. The average Bonchev–Trinajstić information content (AvgIpc) is 3.28. The molecule has 3 N–H and O–H groups in total. The van der Waals surface area contributed by atoms with Crippen LogP contribution in [0.2, 0.25) is 0 Å². The summed E-state index contributed by atoms with van der Waals surface area (Å²) in [6.07, 6.45) is -9.39. The van der Waals surface area contributed by atoms with Crippen LogP contribution in [0.3, 0.4) is 0 Å². The molecule has 3 aromatic carbocycles. The second kappa shape index (κ2) is 13.4. The van der Waals surface area contributed by atoms with Crippen LogP contribution in [0.1, 0.15) is 42.9 Å². The maximum atomic E-state index is 13.7. The number of carbonyl (C=O) groups is 2. The summed E-state index contributed by atoms with van der Waals surface area (Å²) < 4.78 is 86.8. The number of ether oxygens (including phenoxy) is 1. The molecule has 1 aliphatic heterocycles. The predicted octanol–water partition coefficient (Wildman–Crippen LogP) is 6.89. The van der Waals surface area contributed by atoms with E-state index in [9.17, 15) is 51.3 Å². The Morgan fingerprint density at radius 2 is 1.60 bits per heavy atom. The van der Waals surface area contributed by atoms with Crippen LogP contribution in [0.5, 0.6) is 5.75 Å². The molecule has 7 nitrogen and oxygen atoms in total. The van der Waals surface area contributed by atoms with Gasteiger partial charge in [0.2, 0.25) is 11.8 Å². The molecule has 1 saturated heterocycles. The summed E-state index contributed by atoms with van der Waals surface area (Å²) in [4.78, 5) is 27.6. The molecule has 0 unspecified atom stereocenters. The van der Waals surface area contributed by atoms with Crippen molar-refractivity contribution in [2.45, 2.75) is 44.6 Å². The van der Waals surface area contributed by atoms with Crippen LogP contribution in [0.4, 0.5) is 32.0 Å². The smallest absolute Gasteiger partial charge is 0.416 e. The summed E-state index contributed by atoms with van der Waals surface area (Å²) in [5.41, 5.74) is -1.88. The van der Waals surface area contributed by atoms with E-state index < -0.39 is 71.4 Å². The van der Waals surface area contributed by atoms with Gasteiger partial charge in [-0.25, -0.2) is 4.90 Å². The number of rotatable bonds is 9. The van der Waals surface area contributed by atoms with E-state index >= 15 is 0 Å². The lowest BCUT2D eigenvalue weighted by atomic mass is 9.68. The Morgan fingerprint density at radius 3 is 2.19 bits per heavy atom. The first-order valence-electron chi connectivity index (χ1n) is 15.1. The number of hydrogen-bond donors (Lipinski definition) is 3. The maximum Gasteiger partial charge on any atom is 0.416 e. The molecule has 2 amide bonds. The Balaban J connectivity index is 1.44. The Morgan fingerprint density at radius 1 is 0.979 bits per heavy atom. The van der Waals surface area contributed by atoms with E-state index in [1.165, 1.54) is 7.11 Å². The molecule has 0 radical (unpaired) electrons. The van der Waals surface area contributed by atoms with E-state index in [0.29, 0.717) is 34.4 Å². The Hall–Kier alpha value is -4.20. The standard InChI is InChI=1S/C35H33F6NO6/c1-18(11-19-8-10-28(44)25-6-4-3-5-24(19)25)7-9-29(45)30-20(17-48-2)12-26-31(27(30)16-43)33(47)42(32(26)46)23-14-21(34(36,37)38)13-22(15-23)35(39,40)41/h3-6,8,10-11,13-15,26-27,29,31,43-45H,7,9,12,16-17H2,1-2H3/b18-11+/t26-,27+,29-,31-/m1/s1. The average molecular weight is 678 g/mol. The fraction of sp³-hybridized carbons (Fsp3) is 0.371. The lowest BCUT2D eigenvalue weighted by Crippen LogP contribution is -2.39. The van der Waals surface area contributed by atoms with Gasteiger partial charge in [-0.15, -0.1) is 0 Å². The van der Waals surface area contributed by atoms with Crippen molar-refractivity contribution in [3.05, 3.63) is 88.0 Å². The molecular weight excluding hydrogens is 644 g/mol. The fourth-order valence-electron chi connectivity index (χ4n) is 6.88. The highest BCUT2D eigenvalue weighted by Crippen LogP contribution is 2.48. The minimum atomic E-state index is -5.20. The Labute approximate surface area is 271 Å². The Bertz CT molecular complexity index is 1760. The van der Waals surface area contributed by atoms with E-state index in [4.69, 9.17) is 4.74 Å². The van der Waals surface area contributed by atoms with Crippen LogP contribution in [0.15, 0.2) is 71.3 Å². The van der Waals surface area contributed by atoms with Gasteiger partial charge in [-0.1, -0.05) is 42.0 Å². The van der Waals surface area contributed by atoms with Crippen molar-refractivity contribution in [1.82, 2.24) is 0 Å². The number of imide groups is 1. The van der Waals surface area contributed by atoms with Gasteiger partial charge < -0.3 is 20.1 Å². The number of nitrogens with zero attached hydrogens (tertiary/aromatic N) is 1. The van der Waals surface area contributed by atoms with Crippen molar-refractivity contribution < 1.29 is 56.0 Å². The quantitative estimate of drug-likeness (QED) is 0.129. The zero-order valence-corrected chi connectivity index (χ0v) is 25.9. The second-order valence-electron chi connectivity index (χ2n) is 12.2. The molecule has 256 valence electrons. The van der Waals surface area contributed by atoms with Gasteiger partial charge in [0.15, 0.2) is 0 Å². The van der Waals surface area contributed by atoms with Crippen molar-refractivity contribution >= 4 is 34.4 Å². The van der Waals surface area contributed by atoms with Crippen LogP contribution >= 0.6 is 0 Å². The molecule has 0 aromatic heterocycles. The first-order valence-corrected chi connectivity index (χ1v) is 15.1. The normalized spacial score (nSPS) is 21.3. The highest BCUT2D eigenvalue weighted by Gasteiger charge is 2.55. The first-order chi connectivity index (χ1) is 22.6. The number of carbonyl (C=O) groups excluding carboxylic acids is 2. The third-order valence-electron chi connectivity index (χ3n) is 9.04. The monoisotopic (exact) mass is 677 g/mol. The first kappa shape index (κ1) is 35.1. The number of aliphatic hydroxyl groups excluding tert-OH is 2. The van der Waals surface area contributed by atoms with Crippen molar-refractivity contribution in [3.63, 3.8) is 0 Å². The lowest BCUT2D eigenvalue weighted by molar-refractivity contribution is -0.143. The minimum absolute atomic E-state index is 0.0919. The van der Waals surface area contributed by atoms with Crippen LogP contribution in [0.25, 0.3) is 16.8 Å². The third-order valence-corrected chi connectivity index (χ3v) is 9.04. The molecule has 0 bridgehead atoms. The predicted molar refractivity (Wildman–Crippen MR) is 165 cm³/mol. The van der Waals surface area contributed by atoms with Crippen molar-refractivity contribution in [2.24, 2.45) is 17.8 Å². The van der Waals surface area contributed by atoms with Crippen molar-refractivity contribution in [3.8, 4) is 5.75 Å². The summed E-state index contributed by atoms with van der Waals surface area (Å²) in [6, 6.07) is 11.2. The zero-order chi connectivity index (χ0) is 35.1. The van der Waals surface area contributed by atoms with Gasteiger partial charge in [0.05, 0.1) is 48.0 Å². The number of halogens is 6. The molecule has 5 rings (SSSR count). The fourth-order valence-corrected chi connectivity index (χ4v) is 6.88. The lowest BCUT2D eigenvalue weighted by Gasteiger charge is -2.36. The number of alkyl halides is 6. The van der Waals surface area contributed by atoms with E-state index in [1.54, 1.807) is 24.3 Å². The van der Waals surface area contributed by atoms with Crippen LogP contribution in [0, 0.1) is 17.8 Å². The molecule has 4 atom stereocenters. The number of allylic oxidation sites excluding steroid dienone is 1. The van der Waals surface area contributed by atoms with Gasteiger partial charge in [0.1, 0.15) is 5.75 Å². The van der Waals surface area contributed by atoms with E-state index in [1.807, 2.05) is 25.1 Å². The summed E-state index contributed by atoms with van der Waals surface area (Å²) in [7, 11) is 1.36. The largest absolute Gasteiger partial charge is 0.507 e. The van der Waals surface area contributed by atoms with Gasteiger partial charge in [0.25, 0.3) is 0 Å². The van der Waals surface area contributed by atoms with Gasteiger partial charge >= 0.3 is 12.4 Å². The van der Waals surface area contributed by atoms with Crippen LogP contribution < -0.4 is 4.90 Å². The number of aliphatic hydroxyl groups is 2. The number of benzene rings is 3. The zero-order valence-electron chi connectivity index (χ0n) is 25.9. The number of methoxy groups -OCH3 is 1. The van der Waals surface area contributed by atoms with Gasteiger partial charge in [0, 0.05) is 18.4 Å².